The molecular weight excluding hydrogens is 342 g/mol. The molecule has 3 rings (SSSR count). The van der Waals surface area contributed by atoms with E-state index in [4.69, 9.17) is 11.6 Å². The van der Waals surface area contributed by atoms with Crippen molar-refractivity contribution in [2.24, 2.45) is 0 Å². The molecule has 0 aliphatic carbocycles. The van der Waals surface area contributed by atoms with Gasteiger partial charge in [-0.05, 0) is 35.7 Å². The van der Waals surface area contributed by atoms with E-state index in [9.17, 15) is 9.59 Å². The van der Waals surface area contributed by atoms with Gasteiger partial charge in [0.15, 0.2) is 0 Å². The fraction of sp³-hybridized carbons (Fsp3) is 0.0556. The van der Waals surface area contributed by atoms with Gasteiger partial charge in [-0.1, -0.05) is 35.9 Å². The third-order valence-electron chi connectivity index (χ3n) is 3.50. The second-order valence-electron chi connectivity index (χ2n) is 5.17. The molecule has 0 fully saturated rings. The highest BCUT2D eigenvalue weighted by Gasteiger charge is 2.11. The van der Waals surface area contributed by atoms with Crippen molar-refractivity contribution >= 4 is 45.7 Å². The van der Waals surface area contributed by atoms with E-state index in [1.165, 1.54) is 7.11 Å². The molecule has 126 valence electrons. The molecule has 2 N–H and O–H groups in total. The Morgan fingerprint density at radius 2 is 1.64 bits per heavy atom. The van der Waals surface area contributed by atoms with Crippen molar-refractivity contribution in [1.29, 1.82) is 0 Å². The molecule has 0 saturated carbocycles. The maximum atomic E-state index is 12.4. The van der Waals surface area contributed by atoms with Crippen LogP contribution in [0, 0.1) is 0 Å². The first-order chi connectivity index (χ1) is 12.1. The summed E-state index contributed by atoms with van der Waals surface area (Å²) in [4.78, 5) is 27.7. The van der Waals surface area contributed by atoms with Gasteiger partial charge in [0.2, 0.25) is 0 Å². The quantitative estimate of drug-likeness (QED) is 0.686. The minimum atomic E-state index is -0.563. The van der Waals surface area contributed by atoms with Crippen molar-refractivity contribution in [3.63, 3.8) is 0 Å². The summed E-state index contributed by atoms with van der Waals surface area (Å²) in [5.74, 6) is -0.374. The number of anilines is 2. The molecule has 0 bridgehead atoms. The van der Waals surface area contributed by atoms with Crippen molar-refractivity contribution in [3.8, 4) is 0 Å². The second-order valence-corrected chi connectivity index (χ2v) is 5.53. The maximum absolute atomic E-state index is 12.4. The van der Waals surface area contributed by atoms with Crippen LogP contribution < -0.4 is 10.6 Å². The molecule has 0 atom stereocenters. The van der Waals surface area contributed by atoms with Gasteiger partial charge in [0.1, 0.15) is 10.8 Å². The Hall–Kier alpha value is -3.12. The average Bonchev–Trinajstić information content (AvgIpc) is 2.63. The summed E-state index contributed by atoms with van der Waals surface area (Å²) in [7, 11) is 1.28. The Bertz CT molecular complexity index is 942. The summed E-state index contributed by atoms with van der Waals surface area (Å²) in [6.07, 6.45) is -0.563. The molecule has 1 aromatic heterocycles. The molecule has 0 spiro atoms. The van der Waals surface area contributed by atoms with Gasteiger partial charge >= 0.3 is 6.09 Å². The zero-order chi connectivity index (χ0) is 17.8. The fourth-order valence-electron chi connectivity index (χ4n) is 2.27. The lowest BCUT2D eigenvalue weighted by atomic mass is 10.1. The van der Waals surface area contributed by atoms with Gasteiger partial charge in [-0.25, -0.2) is 9.78 Å². The molecular formula is C18H14ClN3O3. The van der Waals surface area contributed by atoms with Crippen LogP contribution in [0.5, 0.6) is 0 Å². The van der Waals surface area contributed by atoms with E-state index in [0.29, 0.717) is 11.4 Å². The number of carbonyl (C=O) groups is 2. The Labute approximate surface area is 148 Å². The highest BCUT2D eigenvalue weighted by atomic mass is 35.5. The van der Waals surface area contributed by atoms with Gasteiger partial charge in [-0.3, -0.25) is 10.1 Å². The SMILES string of the molecule is COC(=O)Nc1ccc(NC(=O)c2cc3ccccc3c(Cl)n2)cc1. The van der Waals surface area contributed by atoms with E-state index in [1.807, 2.05) is 24.3 Å². The molecule has 2 amide bonds. The van der Waals surface area contributed by atoms with Gasteiger partial charge in [0.05, 0.1) is 7.11 Å². The number of nitrogens with zero attached hydrogens (tertiary/aromatic N) is 1. The number of aromatic nitrogens is 1. The van der Waals surface area contributed by atoms with E-state index in [2.05, 4.69) is 20.4 Å². The van der Waals surface area contributed by atoms with E-state index < -0.39 is 6.09 Å². The summed E-state index contributed by atoms with van der Waals surface area (Å²) in [6.45, 7) is 0. The Kier molecular flexibility index (Phi) is 4.81. The van der Waals surface area contributed by atoms with Crippen LogP contribution in [0.4, 0.5) is 16.2 Å². The number of halogens is 1. The number of carbonyl (C=O) groups excluding carboxylic acids is 2. The van der Waals surface area contributed by atoms with Gasteiger partial charge in [-0.15, -0.1) is 0 Å². The minimum Gasteiger partial charge on any atom is -0.453 e. The monoisotopic (exact) mass is 355 g/mol. The van der Waals surface area contributed by atoms with Crippen molar-refractivity contribution in [2.75, 3.05) is 17.7 Å². The number of hydrogen-bond donors (Lipinski definition) is 2. The molecule has 1 heterocycles. The van der Waals surface area contributed by atoms with Gasteiger partial charge in [0, 0.05) is 16.8 Å². The molecule has 0 saturated heterocycles. The number of pyridine rings is 1. The first-order valence-corrected chi connectivity index (χ1v) is 7.76. The summed E-state index contributed by atoms with van der Waals surface area (Å²) >= 11 is 6.15. The van der Waals surface area contributed by atoms with Crippen LogP contribution in [0.3, 0.4) is 0 Å². The summed E-state index contributed by atoms with van der Waals surface area (Å²) in [6, 6.07) is 15.7. The molecule has 3 aromatic rings. The number of benzene rings is 2. The maximum Gasteiger partial charge on any atom is 0.411 e. The zero-order valence-corrected chi connectivity index (χ0v) is 14.0. The number of ether oxygens (including phenoxy) is 1. The van der Waals surface area contributed by atoms with Crippen LogP contribution in [0.1, 0.15) is 10.5 Å². The lowest BCUT2D eigenvalue weighted by molar-refractivity contribution is 0.102. The second kappa shape index (κ2) is 7.19. The normalized spacial score (nSPS) is 10.3. The van der Waals surface area contributed by atoms with Crippen molar-refractivity contribution < 1.29 is 14.3 Å². The molecule has 0 radical (unpaired) electrons. The highest BCUT2D eigenvalue weighted by molar-refractivity contribution is 6.34. The van der Waals surface area contributed by atoms with Crippen LogP contribution in [-0.4, -0.2) is 24.1 Å². The molecule has 6 nitrogen and oxygen atoms in total. The lowest BCUT2D eigenvalue weighted by Gasteiger charge is -2.08. The van der Waals surface area contributed by atoms with Crippen LogP contribution in [0.2, 0.25) is 5.15 Å². The lowest BCUT2D eigenvalue weighted by Crippen LogP contribution is -2.14. The highest BCUT2D eigenvalue weighted by Crippen LogP contribution is 2.23. The number of fused-ring (bicyclic) bond motifs is 1. The number of hydrogen-bond acceptors (Lipinski definition) is 4. The van der Waals surface area contributed by atoms with E-state index in [-0.39, 0.29) is 16.8 Å². The predicted octanol–water partition coefficient (Wildman–Crippen LogP) is 4.32. The van der Waals surface area contributed by atoms with Crippen molar-refractivity contribution in [3.05, 3.63) is 65.4 Å². The van der Waals surface area contributed by atoms with E-state index in [0.717, 1.165) is 10.8 Å². The van der Waals surface area contributed by atoms with Crippen LogP contribution >= 0.6 is 11.6 Å². The summed E-state index contributed by atoms with van der Waals surface area (Å²) < 4.78 is 4.51. The summed E-state index contributed by atoms with van der Waals surface area (Å²) in [5.41, 5.74) is 1.34. The number of rotatable bonds is 3. The van der Waals surface area contributed by atoms with Crippen LogP contribution in [-0.2, 0) is 4.74 Å². The van der Waals surface area contributed by atoms with Gasteiger partial charge in [-0.2, -0.15) is 0 Å². The van der Waals surface area contributed by atoms with Gasteiger partial charge < -0.3 is 10.1 Å². The summed E-state index contributed by atoms with van der Waals surface area (Å²) in [5, 5.41) is 7.18. The van der Waals surface area contributed by atoms with Crippen LogP contribution in [0.15, 0.2) is 54.6 Å². The van der Waals surface area contributed by atoms with Crippen molar-refractivity contribution in [1.82, 2.24) is 4.98 Å². The molecule has 2 aromatic carbocycles. The van der Waals surface area contributed by atoms with E-state index in [1.54, 1.807) is 30.3 Å². The first-order valence-electron chi connectivity index (χ1n) is 7.38. The third kappa shape index (κ3) is 3.87. The van der Waals surface area contributed by atoms with Gasteiger partial charge in [0.25, 0.3) is 5.91 Å². The van der Waals surface area contributed by atoms with E-state index >= 15 is 0 Å². The molecule has 0 unspecified atom stereocenters. The Morgan fingerprint density at radius 3 is 2.32 bits per heavy atom. The average molecular weight is 356 g/mol. The largest absolute Gasteiger partial charge is 0.453 e. The number of methoxy groups -OCH3 is 1. The minimum absolute atomic E-state index is 0.223. The number of nitrogens with one attached hydrogen (secondary N) is 2. The fourth-order valence-corrected chi connectivity index (χ4v) is 2.54. The Balaban J connectivity index is 1.77. The van der Waals surface area contributed by atoms with Crippen LogP contribution in [0.25, 0.3) is 10.8 Å². The zero-order valence-electron chi connectivity index (χ0n) is 13.2. The topological polar surface area (TPSA) is 80.3 Å². The van der Waals surface area contributed by atoms with Crippen molar-refractivity contribution in [2.45, 2.75) is 0 Å². The Morgan fingerprint density at radius 1 is 1.00 bits per heavy atom. The predicted molar refractivity (Wildman–Crippen MR) is 97.2 cm³/mol. The third-order valence-corrected chi connectivity index (χ3v) is 3.79. The molecule has 0 aliphatic heterocycles. The molecule has 7 heteroatoms. The smallest absolute Gasteiger partial charge is 0.411 e. The first kappa shape index (κ1) is 16.7. The molecule has 0 aliphatic rings. The standard InChI is InChI=1S/C18H14ClN3O3/c1-25-18(24)21-13-8-6-12(7-9-13)20-17(23)15-10-11-4-2-3-5-14(11)16(19)22-15/h2-10H,1H3,(H,20,23)(H,21,24). The molecule has 25 heavy (non-hydrogen) atoms. The number of amides is 2.